The van der Waals surface area contributed by atoms with Crippen molar-refractivity contribution in [2.24, 2.45) is 11.3 Å². The zero-order chi connectivity index (χ0) is 14.0. The first-order valence-corrected chi connectivity index (χ1v) is 6.47. The van der Waals surface area contributed by atoms with Gasteiger partial charge in [0.1, 0.15) is 5.60 Å². The highest BCUT2D eigenvalue weighted by atomic mass is 16.6. The lowest BCUT2D eigenvalue weighted by atomic mass is 9.62. The maximum absolute atomic E-state index is 7.43. The number of rotatable bonds is 3. The van der Waals surface area contributed by atoms with Gasteiger partial charge in [-0.25, -0.2) is 0 Å². The van der Waals surface area contributed by atoms with Gasteiger partial charge in [-0.05, 0) is 34.1 Å². The molecule has 3 heteroatoms. The number of hydrogen-bond donors (Lipinski definition) is 1. The van der Waals surface area contributed by atoms with Crippen LogP contribution in [-0.4, -0.2) is 36.6 Å². The Bertz CT molecular complexity index is 355. The largest absolute Gasteiger partial charge is 0.387 e. The molecule has 2 unspecified atom stereocenters. The van der Waals surface area contributed by atoms with E-state index < -0.39 is 11.2 Å². The van der Waals surface area contributed by atoms with E-state index in [-0.39, 0.29) is 17.1 Å². The van der Waals surface area contributed by atoms with Gasteiger partial charge >= 0.3 is 0 Å². The molecule has 3 nitrogen and oxygen atoms in total. The molecular weight excluding hydrogens is 216 g/mol. The molecule has 1 heterocycles. The van der Waals surface area contributed by atoms with Crippen molar-refractivity contribution in [3.8, 4) is 0 Å². The Labute approximate surface area is 106 Å². The van der Waals surface area contributed by atoms with Gasteiger partial charge in [-0.1, -0.05) is 13.8 Å². The van der Waals surface area contributed by atoms with Crippen LogP contribution in [0.5, 0.6) is 0 Å². The van der Waals surface area contributed by atoms with E-state index in [0.29, 0.717) is 5.92 Å². The normalized spacial score (nSPS) is 49.5. The topological polar surface area (TPSA) is 38.7 Å². The number of fused-ring (bicyclic) bond motifs is 2. The Morgan fingerprint density at radius 2 is 2.00 bits per heavy atom. The zero-order valence-corrected chi connectivity index (χ0v) is 12.1. The fourth-order valence-corrected chi connectivity index (χ4v) is 4.38. The number of aliphatic hydroxyl groups is 1. The maximum atomic E-state index is 7.43. The predicted molar refractivity (Wildman–Crippen MR) is 66.9 cm³/mol. The summed E-state index contributed by atoms with van der Waals surface area (Å²) in [5.74, 6) is 0.340. The first-order chi connectivity index (χ1) is 8.09. The first-order valence-electron chi connectivity index (χ1n) is 6.88. The Hall–Kier alpha value is -0.120. The summed E-state index contributed by atoms with van der Waals surface area (Å²) in [6, 6.07) is 0. The average molecular weight is 244 g/mol. The van der Waals surface area contributed by atoms with E-state index in [1.54, 1.807) is 7.11 Å². The van der Waals surface area contributed by atoms with Crippen LogP contribution in [0.3, 0.4) is 0 Å². The van der Waals surface area contributed by atoms with Gasteiger partial charge in [0.2, 0.25) is 1.43 Å². The zero-order valence-electron chi connectivity index (χ0n) is 13.1. The van der Waals surface area contributed by atoms with Gasteiger partial charge < -0.3 is 14.6 Å². The molecule has 1 N–H and O–H groups in total. The third kappa shape index (κ3) is 1.23. The van der Waals surface area contributed by atoms with Crippen LogP contribution < -0.4 is 0 Å². The summed E-state index contributed by atoms with van der Waals surface area (Å²) in [7, 11) is 1.78. The highest BCUT2D eigenvalue weighted by Gasteiger charge is 2.76. The summed E-state index contributed by atoms with van der Waals surface area (Å²) >= 11 is 0. The van der Waals surface area contributed by atoms with Gasteiger partial charge in [-0.3, -0.25) is 0 Å². The minimum absolute atomic E-state index is 0.136. The van der Waals surface area contributed by atoms with E-state index in [9.17, 15) is 0 Å². The number of ether oxygens (including phenoxy) is 2. The molecule has 2 rings (SSSR count). The Morgan fingerprint density at radius 3 is 2.41 bits per heavy atom. The van der Waals surface area contributed by atoms with Crippen LogP contribution in [0.4, 0.5) is 0 Å². The van der Waals surface area contributed by atoms with E-state index in [0.717, 1.165) is 6.42 Å². The molecule has 0 aromatic rings. The Morgan fingerprint density at radius 1 is 1.41 bits per heavy atom. The lowest BCUT2D eigenvalue weighted by Crippen LogP contribution is -2.66. The second kappa shape index (κ2) is 3.25. The van der Waals surface area contributed by atoms with Gasteiger partial charge in [0.05, 0.1) is 17.3 Å². The fraction of sp³-hybridized carbons (Fsp3) is 1.00. The molecule has 0 radical (unpaired) electrons. The van der Waals surface area contributed by atoms with E-state index in [2.05, 4.69) is 27.7 Å². The van der Waals surface area contributed by atoms with Crippen molar-refractivity contribution in [3.63, 3.8) is 0 Å². The molecule has 1 aliphatic heterocycles. The second-order valence-electron chi connectivity index (χ2n) is 6.91. The van der Waals surface area contributed by atoms with Crippen molar-refractivity contribution < 1.29 is 14.6 Å². The van der Waals surface area contributed by atoms with Crippen LogP contribution in [0.2, 0.25) is 0 Å². The van der Waals surface area contributed by atoms with Crippen molar-refractivity contribution in [2.45, 2.75) is 70.9 Å². The fourth-order valence-electron chi connectivity index (χ4n) is 4.38. The molecule has 2 fully saturated rings. The summed E-state index contributed by atoms with van der Waals surface area (Å²) in [6.45, 7) is 12.5. The van der Waals surface area contributed by atoms with Crippen LogP contribution in [0.15, 0.2) is 0 Å². The molecule has 2 aliphatic rings. The van der Waals surface area contributed by atoms with Crippen LogP contribution in [0.25, 0.3) is 0 Å². The molecule has 0 aromatic carbocycles. The molecule has 1 saturated carbocycles. The van der Waals surface area contributed by atoms with Crippen LogP contribution in [-0.2, 0) is 9.47 Å². The minimum Gasteiger partial charge on any atom is -0.387 e. The Balaban J connectivity index is 2.57. The molecule has 1 saturated heterocycles. The summed E-state index contributed by atoms with van der Waals surface area (Å²) < 4.78 is 19.6. The molecule has 0 aromatic heterocycles. The van der Waals surface area contributed by atoms with Crippen molar-refractivity contribution in [3.05, 3.63) is 0 Å². The second-order valence-corrected chi connectivity index (χ2v) is 6.91. The van der Waals surface area contributed by atoms with E-state index in [4.69, 9.17) is 16.0 Å². The molecule has 17 heavy (non-hydrogen) atoms. The summed E-state index contributed by atoms with van der Waals surface area (Å²) in [5, 5.41) is 5.03. The first kappa shape index (κ1) is 11.9. The van der Waals surface area contributed by atoms with Crippen LogP contribution >= 0.6 is 0 Å². The van der Waals surface area contributed by atoms with E-state index in [1.807, 2.05) is 13.8 Å². The van der Waals surface area contributed by atoms with Gasteiger partial charge in [-0.15, -0.1) is 0 Å². The van der Waals surface area contributed by atoms with Crippen molar-refractivity contribution in [1.29, 1.82) is 1.43 Å². The SMILES string of the molecule is [3H]OC(C)(C)C12CC([C@H](C)O1)[C@](C)(OC)C2(C)C. The summed E-state index contributed by atoms with van der Waals surface area (Å²) in [5.41, 5.74) is -1.59. The highest BCUT2D eigenvalue weighted by Crippen LogP contribution is 2.67. The molecule has 0 amide bonds. The van der Waals surface area contributed by atoms with Crippen molar-refractivity contribution in [1.82, 2.24) is 0 Å². The van der Waals surface area contributed by atoms with E-state index >= 15 is 0 Å². The lowest BCUT2D eigenvalue weighted by Gasteiger charge is -2.56. The smallest absolute Gasteiger partial charge is 0.211 e. The van der Waals surface area contributed by atoms with Crippen molar-refractivity contribution >= 4 is 0 Å². The van der Waals surface area contributed by atoms with Crippen LogP contribution in [0, 0.1) is 11.3 Å². The summed E-state index contributed by atoms with van der Waals surface area (Å²) in [4.78, 5) is 0. The molecule has 4 atom stereocenters. The minimum atomic E-state index is -0.657. The van der Waals surface area contributed by atoms with Crippen LogP contribution in [0.1, 0.15) is 48.0 Å². The third-order valence-electron chi connectivity index (χ3n) is 5.82. The maximum Gasteiger partial charge on any atom is 0.211 e. The molecular formula is C14H26O3. The van der Waals surface area contributed by atoms with Gasteiger partial charge in [-0.2, -0.15) is 0 Å². The monoisotopic (exact) mass is 244 g/mol. The standard InChI is InChI=1S/C14H26O3/c1-9-10-8-14(17-9,12(4,5)15)11(2,3)13(10,6)16-7/h9-10,15H,8H2,1-7H3/t9-,10?,13-,14?/m0/s1/i15T. The predicted octanol–water partition coefficient (Wildman–Crippen LogP) is 2.37. The molecule has 2 bridgehead atoms. The van der Waals surface area contributed by atoms with Gasteiger partial charge in [0.25, 0.3) is 0 Å². The third-order valence-corrected chi connectivity index (χ3v) is 5.82. The van der Waals surface area contributed by atoms with E-state index in [1.165, 1.54) is 0 Å². The average Bonchev–Trinajstić information content (AvgIpc) is 2.74. The number of hydrogen-bond acceptors (Lipinski definition) is 3. The van der Waals surface area contributed by atoms with Crippen molar-refractivity contribution in [2.75, 3.05) is 7.11 Å². The lowest BCUT2D eigenvalue weighted by molar-refractivity contribution is -0.278. The molecule has 100 valence electrons. The van der Waals surface area contributed by atoms with Gasteiger partial charge in [0.15, 0.2) is 0 Å². The number of methoxy groups -OCH3 is 1. The quantitative estimate of drug-likeness (QED) is 0.828. The summed E-state index contributed by atoms with van der Waals surface area (Å²) in [6.07, 6.45) is 1.02. The van der Waals surface area contributed by atoms with Gasteiger partial charge in [0, 0.05) is 18.4 Å². The highest BCUT2D eigenvalue weighted by molar-refractivity contribution is 5.25. The molecule has 0 spiro atoms. The Kier molecular flexibility index (Phi) is 2.28. The molecule has 1 aliphatic carbocycles.